The summed E-state index contributed by atoms with van der Waals surface area (Å²) >= 11 is 0. The molecule has 6 rings (SSSR count). The molecule has 4 heterocycles. The Labute approximate surface area is 189 Å². The molecule has 170 valence electrons. The third-order valence-electron chi connectivity index (χ3n) is 6.72. The van der Waals surface area contributed by atoms with Crippen molar-refractivity contribution in [1.29, 1.82) is 0 Å². The first-order valence-electron chi connectivity index (χ1n) is 10.6. The van der Waals surface area contributed by atoms with Crippen molar-refractivity contribution in [3.8, 4) is 23.0 Å². The average molecular weight is 450 g/mol. The lowest BCUT2D eigenvalue weighted by molar-refractivity contribution is -0.128. The molecule has 0 aromatic heterocycles. The Bertz CT molecular complexity index is 1200. The first-order valence-corrected chi connectivity index (χ1v) is 10.6. The van der Waals surface area contributed by atoms with E-state index in [1.807, 2.05) is 18.2 Å². The largest absolute Gasteiger partial charge is 0.493 e. The van der Waals surface area contributed by atoms with Gasteiger partial charge in [-0.15, -0.1) is 0 Å². The van der Waals surface area contributed by atoms with Crippen molar-refractivity contribution in [2.45, 2.75) is 11.7 Å². The zero-order valence-corrected chi connectivity index (χ0v) is 18.1. The maximum Gasteiger partial charge on any atom is 0.234 e. The highest BCUT2D eigenvalue weighted by Gasteiger charge is 2.67. The van der Waals surface area contributed by atoms with Crippen molar-refractivity contribution in [2.75, 3.05) is 37.8 Å². The van der Waals surface area contributed by atoms with Crippen LogP contribution in [0.25, 0.3) is 0 Å². The molecule has 0 saturated carbocycles. The van der Waals surface area contributed by atoms with E-state index in [4.69, 9.17) is 23.7 Å². The summed E-state index contributed by atoms with van der Waals surface area (Å²) in [5.74, 6) is 0.629. The first-order chi connectivity index (χ1) is 16.0. The Hall–Kier alpha value is -3.72. The van der Waals surface area contributed by atoms with Gasteiger partial charge in [0.05, 0.1) is 38.7 Å². The Balaban J connectivity index is 1.27. The number of nitrogens with zero attached hydrogens (tertiary/aromatic N) is 1. The van der Waals surface area contributed by atoms with E-state index in [1.165, 1.54) is 7.11 Å². The summed E-state index contributed by atoms with van der Waals surface area (Å²) in [7, 11) is 3.08. The van der Waals surface area contributed by atoms with Gasteiger partial charge >= 0.3 is 0 Å². The van der Waals surface area contributed by atoms with E-state index in [-0.39, 0.29) is 18.6 Å². The zero-order chi connectivity index (χ0) is 22.7. The van der Waals surface area contributed by atoms with Gasteiger partial charge < -0.3 is 33.9 Å². The number of hydrogen-bond acceptors (Lipinski definition) is 7. The average Bonchev–Trinajstić information content (AvgIpc) is 3.59. The molecular formula is C24H22N2O7. The summed E-state index contributed by atoms with van der Waals surface area (Å²) < 4.78 is 27.6. The molecule has 9 heteroatoms. The molecule has 2 aromatic rings. The highest BCUT2D eigenvalue weighted by molar-refractivity contribution is 6.05. The van der Waals surface area contributed by atoms with Crippen LogP contribution in [0.1, 0.15) is 0 Å². The van der Waals surface area contributed by atoms with Crippen LogP contribution in [0.15, 0.2) is 48.6 Å². The summed E-state index contributed by atoms with van der Waals surface area (Å²) in [5, 5.41) is 2.92. The molecule has 4 aliphatic rings. The van der Waals surface area contributed by atoms with Crippen LogP contribution in [0.4, 0.5) is 11.4 Å². The molecule has 9 nitrogen and oxygen atoms in total. The van der Waals surface area contributed by atoms with Gasteiger partial charge in [-0.25, -0.2) is 0 Å². The Morgan fingerprint density at radius 3 is 2.73 bits per heavy atom. The first kappa shape index (κ1) is 19.9. The molecule has 4 aliphatic heterocycles. The molecule has 1 spiro atoms. The van der Waals surface area contributed by atoms with Crippen LogP contribution < -0.4 is 29.2 Å². The number of ether oxygens (including phenoxy) is 5. The van der Waals surface area contributed by atoms with Crippen LogP contribution in [-0.2, 0) is 14.3 Å². The predicted octanol–water partition coefficient (Wildman–Crippen LogP) is 2.36. The van der Waals surface area contributed by atoms with E-state index in [9.17, 15) is 9.59 Å². The number of methoxy groups -OCH3 is 2. The standard InChI is InChI=1S/C24H22N2O7/c1-29-15-5-3-13(9-18(15)30-2)25-22(27)20-17-7-8-24(33-17)11-26(23(28)21(20)24)14-4-6-16-19(10-14)32-12-31-16/h3-10,17,20-21H,11-12H2,1-2H3,(H,25,27)/t17-,20+,21-,24-/m0/s1. The monoisotopic (exact) mass is 450 g/mol. The lowest BCUT2D eigenvalue weighted by atomic mass is 9.77. The van der Waals surface area contributed by atoms with Crippen molar-refractivity contribution in [1.82, 2.24) is 0 Å². The molecule has 0 aliphatic carbocycles. The van der Waals surface area contributed by atoms with Crippen LogP contribution in [-0.4, -0.2) is 51.1 Å². The number of amides is 2. The number of fused-ring (bicyclic) bond motifs is 2. The highest BCUT2D eigenvalue weighted by Crippen LogP contribution is 2.53. The van der Waals surface area contributed by atoms with Gasteiger partial charge in [-0.2, -0.15) is 0 Å². The minimum Gasteiger partial charge on any atom is -0.493 e. The van der Waals surface area contributed by atoms with E-state index < -0.39 is 23.5 Å². The van der Waals surface area contributed by atoms with Crippen molar-refractivity contribution < 1.29 is 33.3 Å². The summed E-state index contributed by atoms with van der Waals surface area (Å²) in [6.45, 7) is 0.495. The SMILES string of the molecule is COc1ccc(NC(=O)[C@@H]2[C@@H]3C=C[C@@]4(CN(c5ccc6c(c5)OCO6)C(=O)[C@H]24)O3)cc1OC. The zero-order valence-electron chi connectivity index (χ0n) is 18.1. The fourth-order valence-electron chi connectivity index (χ4n) is 5.21. The number of benzene rings is 2. The van der Waals surface area contributed by atoms with E-state index in [2.05, 4.69) is 5.32 Å². The summed E-state index contributed by atoms with van der Waals surface area (Å²) in [5.41, 5.74) is 0.418. The molecule has 0 unspecified atom stereocenters. The van der Waals surface area contributed by atoms with Gasteiger partial charge in [0.1, 0.15) is 5.60 Å². The number of nitrogens with one attached hydrogen (secondary N) is 1. The Morgan fingerprint density at radius 1 is 1.09 bits per heavy atom. The van der Waals surface area contributed by atoms with Crippen LogP contribution >= 0.6 is 0 Å². The second kappa shape index (κ2) is 7.14. The van der Waals surface area contributed by atoms with Gasteiger partial charge in [0, 0.05) is 23.5 Å². The molecule has 2 aromatic carbocycles. The number of carbonyl (C=O) groups excluding carboxylic acids is 2. The van der Waals surface area contributed by atoms with Crippen LogP contribution in [0.3, 0.4) is 0 Å². The van der Waals surface area contributed by atoms with E-state index in [1.54, 1.807) is 42.3 Å². The third-order valence-corrected chi connectivity index (χ3v) is 6.72. The van der Waals surface area contributed by atoms with Crippen molar-refractivity contribution >= 4 is 23.2 Å². The molecule has 1 N–H and O–H groups in total. The lowest BCUT2D eigenvalue weighted by Gasteiger charge is -2.23. The maximum absolute atomic E-state index is 13.5. The number of rotatable bonds is 5. The van der Waals surface area contributed by atoms with Gasteiger partial charge in [0.2, 0.25) is 18.6 Å². The summed E-state index contributed by atoms with van der Waals surface area (Å²) in [4.78, 5) is 28.5. The fraction of sp³-hybridized carbons (Fsp3) is 0.333. The summed E-state index contributed by atoms with van der Waals surface area (Å²) in [6.07, 6.45) is 3.36. The number of anilines is 2. The minimum atomic E-state index is -0.822. The Morgan fingerprint density at radius 2 is 1.91 bits per heavy atom. The van der Waals surface area contributed by atoms with Gasteiger partial charge in [-0.05, 0) is 24.3 Å². The molecule has 4 atom stereocenters. The van der Waals surface area contributed by atoms with Crippen molar-refractivity contribution in [2.24, 2.45) is 11.8 Å². The molecule has 2 fully saturated rings. The van der Waals surface area contributed by atoms with Gasteiger partial charge in [0.25, 0.3) is 0 Å². The molecule has 33 heavy (non-hydrogen) atoms. The van der Waals surface area contributed by atoms with Gasteiger partial charge in [-0.1, -0.05) is 12.2 Å². The molecule has 0 radical (unpaired) electrons. The quantitative estimate of drug-likeness (QED) is 0.699. The lowest BCUT2D eigenvalue weighted by Crippen LogP contribution is -2.41. The van der Waals surface area contributed by atoms with Crippen LogP contribution in [0, 0.1) is 11.8 Å². The highest BCUT2D eigenvalue weighted by atomic mass is 16.7. The predicted molar refractivity (Wildman–Crippen MR) is 117 cm³/mol. The van der Waals surface area contributed by atoms with E-state index in [0.717, 1.165) is 0 Å². The third kappa shape index (κ3) is 2.88. The maximum atomic E-state index is 13.5. The second-order valence-corrected chi connectivity index (χ2v) is 8.42. The normalized spacial score (nSPS) is 28.2. The number of hydrogen-bond donors (Lipinski definition) is 1. The molecule has 2 saturated heterocycles. The minimum absolute atomic E-state index is 0.145. The van der Waals surface area contributed by atoms with Crippen molar-refractivity contribution in [3.05, 3.63) is 48.6 Å². The molecule has 2 amide bonds. The second-order valence-electron chi connectivity index (χ2n) is 8.42. The van der Waals surface area contributed by atoms with Gasteiger partial charge in [0.15, 0.2) is 23.0 Å². The number of carbonyl (C=O) groups is 2. The Kier molecular flexibility index (Phi) is 4.31. The van der Waals surface area contributed by atoms with E-state index in [0.29, 0.717) is 40.9 Å². The topological polar surface area (TPSA) is 95.6 Å². The fourth-order valence-corrected chi connectivity index (χ4v) is 5.21. The molecular weight excluding hydrogens is 428 g/mol. The van der Waals surface area contributed by atoms with Crippen molar-refractivity contribution in [3.63, 3.8) is 0 Å². The van der Waals surface area contributed by atoms with Crippen LogP contribution in [0.5, 0.6) is 23.0 Å². The van der Waals surface area contributed by atoms with Crippen LogP contribution in [0.2, 0.25) is 0 Å². The summed E-state index contributed by atoms with van der Waals surface area (Å²) in [6, 6.07) is 10.5. The van der Waals surface area contributed by atoms with E-state index >= 15 is 0 Å². The van der Waals surface area contributed by atoms with Gasteiger partial charge in [-0.3, -0.25) is 9.59 Å². The smallest absolute Gasteiger partial charge is 0.234 e. The molecule has 2 bridgehead atoms.